The molecule has 1 aromatic carbocycles. The van der Waals surface area contributed by atoms with Crippen molar-refractivity contribution in [2.45, 2.75) is 31.3 Å². The van der Waals surface area contributed by atoms with Gasteiger partial charge in [-0.2, -0.15) is 0 Å². The maximum atomic E-state index is 12.1. The predicted molar refractivity (Wildman–Crippen MR) is 88.6 cm³/mol. The summed E-state index contributed by atoms with van der Waals surface area (Å²) in [6.07, 6.45) is 6.80. The minimum absolute atomic E-state index is 0.0151. The van der Waals surface area contributed by atoms with Crippen LogP contribution in [-0.2, 0) is 9.53 Å². The fraction of sp³-hybridized carbons (Fsp3) is 0.353. The summed E-state index contributed by atoms with van der Waals surface area (Å²) in [5.74, 6) is 0.523. The van der Waals surface area contributed by atoms with Crippen molar-refractivity contribution in [2.75, 3.05) is 17.7 Å². The maximum Gasteiger partial charge on any atom is 0.227 e. The Labute approximate surface area is 135 Å². The Bertz CT molecular complexity index is 649. The smallest absolute Gasteiger partial charge is 0.227 e. The molecule has 0 saturated heterocycles. The van der Waals surface area contributed by atoms with Gasteiger partial charge >= 0.3 is 0 Å². The largest absolute Gasteiger partial charge is 0.378 e. The van der Waals surface area contributed by atoms with Crippen LogP contribution in [0.5, 0.6) is 0 Å². The van der Waals surface area contributed by atoms with Crippen LogP contribution in [0.25, 0.3) is 0 Å². The molecule has 2 N–H and O–H groups in total. The van der Waals surface area contributed by atoms with Crippen LogP contribution in [-0.4, -0.2) is 28.6 Å². The summed E-state index contributed by atoms with van der Waals surface area (Å²) >= 11 is 0. The first-order valence-corrected chi connectivity index (χ1v) is 7.68. The summed E-state index contributed by atoms with van der Waals surface area (Å²) in [7, 11) is 1.68. The van der Waals surface area contributed by atoms with Crippen LogP contribution < -0.4 is 10.6 Å². The van der Waals surface area contributed by atoms with Crippen molar-refractivity contribution in [1.82, 2.24) is 9.97 Å². The first-order chi connectivity index (χ1) is 11.2. The number of nitrogens with zero attached hydrogens (tertiary/aromatic N) is 2. The van der Waals surface area contributed by atoms with Crippen LogP contribution in [0.1, 0.15) is 25.7 Å². The molecule has 1 aromatic heterocycles. The summed E-state index contributed by atoms with van der Waals surface area (Å²) in [6.45, 7) is 0. The van der Waals surface area contributed by atoms with E-state index in [0.717, 1.165) is 30.6 Å². The molecule has 120 valence electrons. The van der Waals surface area contributed by atoms with Crippen LogP contribution in [0.15, 0.2) is 42.7 Å². The second-order valence-corrected chi connectivity index (χ2v) is 5.74. The monoisotopic (exact) mass is 312 g/mol. The van der Waals surface area contributed by atoms with Crippen LogP contribution in [0.4, 0.5) is 17.3 Å². The lowest BCUT2D eigenvalue weighted by Crippen LogP contribution is -2.42. The number of ether oxygens (including phenoxy) is 1. The number of carbonyl (C=O) groups is 1. The zero-order chi connectivity index (χ0) is 16.1. The molecule has 1 heterocycles. The van der Waals surface area contributed by atoms with Crippen LogP contribution in [0, 0.1) is 0 Å². The van der Waals surface area contributed by atoms with Gasteiger partial charge in [0, 0.05) is 30.9 Å². The van der Waals surface area contributed by atoms with E-state index in [1.165, 1.54) is 0 Å². The first-order valence-electron chi connectivity index (χ1n) is 7.68. The average molecular weight is 312 g/mol. The number of hydrogen-bond donors (Lipinski definition) is 2. The Kier molecular flexibility index (Phi) is 4.52. The SMILES string of the molecule is COC1(CC(=O)Nc2ccc(Nc3ncccn3)cc2)CCC1. The zero-order valence-electron chi connectivity index (χ0n) is 13.1. The van der Waals surface area contributed by atoms with E-state index in [0.29, 0.717) is 12.4 Å². The number of amides is 1. The van der Waals surface area contributed by atoms with Gasteiger partial charge in [0.2, 0.25) is 11.9 Å². The molecule has 0 bridgehead atoms. The molecule has 6 heteroatoms. The number of anilines is 3. The molecule has 6 nitrogen and oxygen atoms in total. The highest BCUT2D eigenvalue weighted by molar-refractivity contribution is 5.91. The summed E-state index contributed by atoms with van der Waals surface area (Å²) in [6, 6.07) is 9.22. The van der Waals surface area contributed by atoms with E-state index >= 15 is 0 Å². The van der Waals surface area contributed by atoms with E-state index in [2.05, 4.69) is 20.6 Å². The fourth-order valence-corrected chi connectivity index (χ4v) is 2.65. The van der Waals surface area contributed by atoms with E-state index in [4.69, 9.17) is 4.74 Å². The average Bonchev–Trinajstić information content (AvgIpc) is 2.54. The number of rotatable bonds is 6. The molecule has 1 fully saturated rings. The molecule has 23 heavy (non-hydrogen) atoms. The molecule has 1 aliphatic rings. The highest BCUT2D eigenvalue weighted by atomic mass is 16.5. The van der Waals surface area contributed by atoms with Gasteiger partial charge in [-0.05, 0) is 49.6 Å². The molecule has 2 aromatic rings. The van der Waals surface area contributed by atoms with Gasteiger partial charge in [-0.15, -0.1) is 0 Å². The van der Waals surface area contributed by atoms with Crippen molar-refractivity contribution in [3.8, 4) is 0 Å². The lowest BCUT2D eigenvalue weighted by molar-refractivity contribution is -0.129. The molecule has 0 unspecified atom stereocenters. The normalized spacial score (nSPS) is 15.5. The first kappa shape index (κ1) is 15.4. The molecule has 0 aliphatic heterocycles. The Balaban J connectivity index is 1.56. The van der Waals surface area contributed by atoms with E-state index in [-0.39, 0.29) is 11.5 Å². The number of methoxy groups -OCH3 is 1. The third-order valence-corrected chi connectivity index (χ3v) is 4.17. The topological polar surface area (TPSA) is 76.1 Å². The lowest BCUT2D eigenvalue weighted by Gasteiger charge is -2.39. The second-order valence-electron chi connectivity index (χ2n) is 5.74. The minimum atomic E-state index is -0.254. The molecular weight excluding hydrogens is 292 g/mol. The van der Waals surface area contributed by atoms with Crippen LogP contribution in [0.3, 0.4) is 0 Å². The van der Waals surface area contributed by atoms with Crippen molar-refractivity contribution in [3.63, 3.8) is 0 Å². The molecule has 1 amide bonds. The summed E-state index contributed by atoms with van der Waals surface area (Å²) in [5, 5.41) is 6.01. The lowest BCUT2D eigenvalue weighted by atomic mass is 9.77. The second kappa shape index (κ2) is 6.75. The summed E-state index contributed by atoms with van der Waals surface area (Å²) < 4.78 is 5.48. The molecule has 0 radical (unpaired) electrons. The van der Waals surface area contributed by atoms with Crippen LogP contribution in [0.2, 0.25) is 0 Å². The Morgan fingerprint density at radius 1 is 1.17 bits per heavy atom. The molecule has 3 rings (SSSR count). The minimum Gasteiger partial charge on any atom is -0.378 e. The molecule has 1 saturated carbocycles. The van der Waals surface area contributed by atoms with Gasteiger partial charge < -0.3 is 15.4 Å². The number of hydrogen-bond acceptors (Lipinski definition) is 5. The van der Waals surface area contributed by atoms with E-state index in [1.807, 2.05) is 24.3 Å². The highest BCUT2D eigenvalue weighted by Gasteiger charge is 2.38. The Hall–Kier alpha value is -2.47. The molecular formula is C17H20N4O2. The molecule has 0 spiro atoms. The fourth-order valence-electron chi connectivity index (χ4n) is 2.65. The predicted octanol–water partition coefficient (Wildman–Crippen LogP) is 3.12. The number of carbonyl (C=O) groups excluding carboxylic acids is 1. The third kappa shape index (κ3) is 3.84. The molecule has 0 atom stereocenters. The van der Waals surface area contributed by atoms with Gasteiger partial charge in [-0.25, -0.2) is 9.97 Å². The quantitative estimate of drug-likeness (QED) is 0.857. The van der Waals surface area contributed by atoms with Gasteiger partial charge in [0.25, 0.3) is 0 Å². The summed E-state index contributed by atoms with van der Waals surface area (Å²) in [4.78, 5) is 20.3. The van der Waals surface area contributed by atoms with Gasteiger partial charge in [0.15, 0.2) is 0 Å². The van der Waals surface area contributed by atoms with E-state index in [9.17, 15) is 4.79 Å². The Morgan fingerprint density at radius 2 is 1.83 bits per heavy atom. The van der Waals surface area contributed by atoms with Crippen molar-refractivity contribution in [1.29, 1.82) is 0 Å². The van der Waals surface area contributed by atoms with Gasteiger partial charge in [-0.1, -0.05) is 0 Å². The maximum absolute atomic E-state index is 12.1. The zero-order valence-corrected chi connectivity index (χ0v) is 13.1. The number of nitrogens with one attached hydrogen (secondary N) is 2. The van der Waals surface area contributed by atoms with E-state index < -0.39 is 0 Å². The van der Waals surface area contributed by atoms with Crippen molar-refractivity contribution in [2.24, 2.45) is 0 Å². The number of aromatic nitrogens is 2. The third-order valence-electron chi connectivity index (χ3n) is 4.17. The summed E-state index contributed by atoms with van der Waals surface area (Å²) in [5.41, 5.74) is 1.37. The van der Waals surface area contributed by atoms with Crippen molar-refractivity contribution in [3.05, 3.63) is 42.7 Å². The van der Waals surface area contributed by atoms with E-state index in [1.54, 1.807) is 25.6 Å². The highest BCUT2D eigenvalue weighted by Crippen LogP contribution is 2.38. The standard InChI is InChI=1S/C17H20N4O2/c1-23-17(8-2-9-17)12-15(22)20-13-4-6-14(7-5-13)21-16-18-10-3-11-19-16/h3-7,10-11H,2,8-9,12H2,1H3,(H,20,22)(H,18,19,21). The van der Waals surface area contributed by atoms with Crippen molar-refractivity contribution >= 4 is 23.2 Å². The Morgan fingerprint density at radius 3 is 2.39 bits per heavy atom. The van der Waals surface area contributed by atoms with Crippen molar-refractivity contribution < 1.29 is 9.53 Å². The van der Waals surface area contributed by atoms with Crippen LogP contribution >= 0.6 is 0 Å². The van der Waals surface area contributed by atoms with Gasteiger partial charge in [0.1, 0.15) is 0 Å². The molecule has 1 aliphatic carbocycles. The van der Waals surface area contributed by atoms with Gasteiger partial charge in [-0.3, -0.25) is 4.79 Å². The number of benzene rings is 1. The van der Waals surface area contributed by atoms with Gasteiger partial charge in [0.05, 0.1) is 12.0 Å².